The van der Waals surface area contributed by atoms with Crippen LogP contribution in [0.3, 0.4) is 0 Å². The van der Waals surface area contributed by atoms with E-state index in [2.05, 4.69) is 26.2 Å². The van der Waals surface area contributed by atoms with E-state index < -0.39 is 17.7 Å². The molecule has 0 aliphatic rings. The minimum Gasteiger partial charge on any atom is -0.478 e. The van der Waals surface area contributed by atoms with Gasteiger partial charge in [-0.05, 0) is 40.2 Å². The van der Waals surface area contributed by atoms with E-state index in [0.717, 1.165) is 6.07 Å². The van der Waals surface area contributed by atoms with Gasteiger partial charge >= 0.3 is 5.97 Å². The lowest BCUT2D eigenvalue weighted by Gasteiger charge is -2.08. The smallest absolute Gasteiger partial charge is 0.337 e. The first-order valence-corrected chi connectivity index (χ1v) is 6.22. The molecule has 1 aromatic carbocycles. The number of aromatic nitrogens is 1. The van der Waals surface area contributed by atoms with Crippen LogP contribution in [0.5, 0.6) is 0 Å². The Hall–Kier alpha value is -2.28. The van der Waals surface area contributed by atoms with E-state index in [4.69, 9.17) is 5.11 Å². The number of hydrogen-bond donors (Lipinski definition) is 2. The Bertz CT molecular complexity index is 691. The van der Waals surface area contributed by atoms with Crippen LogP contribution < -0.4 is 5.32 Å². The number of carboxylic acid groups (broad SMARTS) is 1. The summed E-state index contributed by atoms with van der Waals surface area (Å²) in [7, 11) is 0. The van der Waals surface area contributed by atoms with Crippen molar-refractivity contribution >= 4 is 33.5 Å². The van der Waals surface area contributed by atoms with E-state index in [0.29, 0.717) is 0 Å². The van der Waals surface area contributed by atoms with Crippen LogP contribution >= 0.6 is 15.9 Å². The Balaban J connectivity index is 2.28. The molecule has 0 unspecified atom stereocenters. The summed E-state index contributed by atoms with van der Waals surface area (Å²) in [6, 6.07) is 5.02. The van der Waals surface area contributed by atoms with Gasteiger partial charge in [0.2, 0.25) is 0 Å². The molecule has 1 heterocycles. The van der Waals surface area contributed by atoms with Gasteiger partial charge in [0.1, 0.15) is 5.82 Å². The average molecular weight is 339 g/mol. The first kappa shape index (κ1) is 14.1. The fourth-order valence-corrected chi connectivity index (χ4v) is 1.89. The van der Waals surface area contributed by atoms with Crippen molar-refractivity contribution in [1.82, 2.24) is 4.98 Å². The van der Waals surface area contributed by atoms with Gasteiger partial charge in [-0.25, -0.2) is 9.18 Å². The Morgan fingerprint density at radius 2 is 2.05 bits per heavy atom. The van der Waals surface area contributed by atoms with E-state index in [1.54, 1.807) is 0 Å². The number of nitrogens with one attached hydrogen (secondary N) is 1. The highest BCUT2D eigenvalue weighted by Crippen LogP contribution is 2.19. The first-order valence-electron chi connectivity index (χ1n) is 5.42. The molecule has 0 spiro atoms. The number of amides is 1. The Morgan fingerprint density at radius 3 is 2.70 bits per heavy atom. The summed E-state index contributed by atoms with van der Waals surface area (Å²) in [6.07, 6.45) is 2.55. The lowest BCUT2D eigenvalue weighted by atomic mass is 10.2. The highest BCUT2D eigenvalue weighted by Gasteiger charge is 2.14. The molecular weight excluding hydrogens is 331 g/mol. The molecule has 0 radical (unpaired) electrons. The first-order chi connectivity index (χ1) is 9.49. The molecule has 0 bridgehead atoms. The van der Waals surface area contributed by atoms with Crippen molar-refractivity contribution in [2.75, 3.05) is 5.32 Å². The zero-order valence-corrected chi connectivity index (χ0v) is 11.5. The van der Waals surface area contributed by atoms with Crippen LogP contribution in [-0.2, 0) is 0 Å². The summed E-state index contributed by atoms with van der Waals surface area (Å²) < 4.78 is 13.2. The SMILES string of the molecule is O=C(Nc1cnccc1C(=O)O)c1ccc(F)c(Br)c1. The van der Waals surface area contributed by atoms with E-state index >= 15 is 0 Å². The molecule has 2 aromatic rings. The zero-order chi connectivity index (χ0) is 14.7. The molecule has 20 heavy (non-hydrogen) atoms. The second-order valence-corrected chi connectivity index (χ2v) is 4.66. The van der Waals surface area contributed by atoms with Crippen molar-refractivity contribution in [3.8, 4) is 0 Å². The van der Waals surface area contributed by atoms with Gasteiger partial charge in [-0.15, -0.1) is 0 Å². The Morgan fingerprint density at radius 1 is 1.30 bits per heavy atom. The van der Waals surface area contributed by atoms with Crippen molar-refractivity contribution < 1.29 is 19.1 Å². The Kier molecular flexibility index (Phi) is 4.09. The molecule has 0 aliphatic carbocycles. The number of hydrogen-bond acceptors (Lipinski definition) is 3. The maximum Gasteiger partial charge on any atom is 0.337 e. The third-order valence-electron chi connectivity index (χ3n) is 2.48. The van der Waals surface area contributed by atoms with E-state index in [-0.39, 0.29) is 21.3 Å². The van der Waals surface area contributed by atoms with Crippen molar-refractivity contribution in [2.24, 2.45) is 0 Å². The molecular formula is C13H8BrFN2O3. The molecule has 0 fully saturated rings. The number of aromatic carboxylic acids is 1. The molecule has 0 saturated heterocycles. The largest absolute Gasteiger partial charge is 0.478 e. The van der Waals surface area contributed by atoms with Crippen molar-refractivity contribution in [2.45, 2.75) is 0 Å². The number of carbonyl (C=O) groups excluding carboxylic acids is 1. The van der Waals surface area contributed by atoms with Crippen molar-refractivity contribution in [3.05, 3.63) is 58.1 Å². The van der Waals surface area contributed by atoms with Gasteiger partial charge in [-0.1, -0.05) is 0 Å². The minimum atomic E-state index is -1.18. The number of pyridine rings is 1. The normalized spacial score (nSPS) is 10.1. The fraction of sp³-hybridized carbons (Fsp3) is 0. The summed E-state index contributed by atoms with van der Waals surface area (Å²) in [4.78, 5) is 26.7. The molecule has 7 heteroatoms. The molecule has 102 valence electrons. The quantitative estimate of drug-likeness (QED) is 0.901. The molecule has 5 nitrogen and oxygen atoms in total. The molecule has 0 saturated carbocycles. The molecule has 1 amide bonds. The van der Waals surface area contributed by atoms with Crippen LogP contribution in [0.25, 0.3) is 0 Å². The van der Waals surface area contributed by atoms with Crippen LogP contribution in [0.4, 0.5) is 10.1 Å². The van der Waals surface area contributed by atoms with E-state index in [1.165, 1.54) is 30.6 Å². The van der Waals surface area contributed by atoms with Crippen LogP contribution in [0.15, 0.2) is 41.1 Å². The van der Waals surface area contributed by atoms with Gasteiger partial charge in [0.15, 0.2) is 0 Å². The second kappa shape index (κ2) is 5.79. The zero-order valence-electron chi connectivity index (χ0n) is 9.93. The monoisotopic (exact) mass is 338 g/mol. The van der Waals surface area contributed by atoms with Crippen molar-refractivity contribution in [3.63, 3.8) is 0 Å². The maximum atomic E-state index is 13.1. The number of carbonyl (C=O) groups is 2. The lowest BCUT2D eigenvalue weighted by molar-refractivity contribution is 0.0698. The molecule has 0 aliphatic heterocycles. The number of nitrogens with zero attached hydrogens (tertiary/aromatic N) is 1. The highest BCUT2D eigenvalue weighted by molar-refractivity contribution is 9.10. The van der Waals surface area contributed by atoms with Gasteiger partial charge in [-0.3, -0.25) is 9.78 Å². The summed E-state index contributed by atoms with van der Waals surface area (Å²) in [6.45, 7) is 0. The van der Waals surface area contributed by atoms with Gasteiger partial charge in [-0.2, -0.15) is 0 Å². The van der Waals surface area contributed by atoms with Gasteiger partial charge in [0.25, 0.3) is 5.91 Å². The fourth-order valence-electron chi connectivity index (χ4n) is 1.51. The van der Waals surface area contributed by atoms with Crippen LogP contribution in [0.2, 0.25) is 0 Å². The molecule has 1 aromatic heterocycles. The average Bonchev–Trinajstić information content (AvgIpc) is 2.42. The second-order valence-electron chi connectivity index (χ2n) is 3.81. The van der Waals surface area contributed by atoms with Crippen LogP contribution in [-0.4, -0.2) is 22.0 Å². The Labute approximate surface area is 121 Å². The number of halogens is 2. The number of carboxylic acids is 1. The minimum absolute atomic E-state index is 0.0745. The summed E-state index contributed by atoms with van der Waals surface area (Å²) in [5.41, 5.74) is 0.193. The van der Waals surface area contributed by atoms with E-state index in [9.17, 15) is 14.0 Å². The van der Waals surface area contributed by atoms with Gasteiger partial charge in [0.05, 0.1) is 21.9 Å². The predicted molar refractivity (Wildman–Crippen MR) is 73.2 cm³/mol. The number of benzene rings is 1. The van der Waals surface area contributed by atoms with Crippen LogP contribution in [0.1, 0.15) is 20.7 Å². The lowest BCUT2D eigenvalue weighted by Crippen LogP contribution is -2.15. The van der Waals surface area contributed by atoms with Crippen LogP contribution in [0, 0.1) is 5.82 Å². The predicted octanol–water partition coefficient (Wildman–Crippen LogP) is 2.93. The van der Waals surface area contributed by atoms with Gasteiger partial charge in [0, 0.05) is 11.8 Å². The summed E-state index contributed by atoms with van der Waals surface area (Å²) in [5, 5.41) is 11.4. The summed E-state index contributed by atoms with van der Waals surface area (Å²) in [5.74, 6) is -2.22. The summed E-state index contributed by atoms with van der Waals surface area (Å²) >= 11 is 2.98. The molecule has 0 atom stereocenters. The third kappa shape index (κ3) is 3.00. The highest BCUT2D eigenvalue weighted by atomic mass is 79.9. The molecule has 2 rings (SSSR count). The molecule has 2 N–H and O–H groups in total. The topological polar surface area (TPSA) is 79.3 Å². The number of rotatable bonds is 3. The number of anilines is 1. The van der Waals surface area contributed by atoms with Gasteiger partial charge < -0.3 is 10.4 Å². The van der Waals surface area contributed by atoms with E-state index in [1.807, 2.05) is 0 Å². The third-order valence-corrected chi connectivity index (χ3v) is 3.09. The van der Waals surface area contributed by atoms with Crippen molar-refractivity contribution in [1.29, 1.82) is 0 Å². The standard InChI is InChI=1S/C13H8BrFN2O3/c14-9-5-7(1-2-10(9)15)12(18)17-11-6-16-4-3-8(11)13(19)20/h1-6H,(H,17,18)(H,19,20). The maximum absolute atomic E-state index is 13.1.